The van der Waals surface area contributed by atoms with Crippen molar-refractivity contribution in [1.29, 1.82) is 0 Å². The van der Waals surface area contributed by atoms with E-state index >= 15 is 0 Å². The second-order valence-corrected chi connectivity index (χ2v) is 20.5. The maximum Gasteiger partial charge on any atom is 0.0502 e. The van der Waals surface area contributed by atoms with Crippen LogP contribution in [0.4, 0.5) is 45.5 Å². The molecule has 1 aliphatic carbocycles. The van der Waals surface area contributed by atoms with Crippen LogP contribution in [0.5, 0.6) is 0 Å². The maximum atomic E-state index is 2.53. The summed E-state index contributed by atoms with van der Waals surface area (Å²) in [4.78, 5) is 7.46. The third-order valence-corrected chi connectivity index (χ3v) is 16.0. The first-order valence-corrected chi connectivity index (χ1v) is 27.1. The molecule has 1 aliphatic heterocycles. The first kappa shape index (κ1) is 46.6. The maximum absolute atomic E-state index is 2.53. The van der Waals surface area contributed by atoms with E-state index in [0.717, 1.165) is 47.1 Å². The monoisotopic (exact) mass is 997 g/mol. The van der Waals surface area contributed by atoms with Gasteiger partial charge in [0.05, 0.1) is 5.41 Å². The highest BCUT2D eigenvalue weighted by Crippen LogP contribution is 2.61. The highest BCUT2D eigenvalue weighted by Gasteiger charge is 2.49. The molecule has 14 rings (SSSR count). The zero-order chi connectivity index (χ0) is 51.8. The summed E-state index contributed by atoms with van der Waals surface area (Å²) in [6.45, 7) is 0.832. The molecule has 12 aromatic rings. The molecule has 2 aliphatic rings. The molecule has 0 amide bonds. The number of rotatable bonds is 11. The van der Waals surface area contributed by atoms with Crippen LogP contribution in [0.1, 0.15) is 23.1 Å². The molecule has 78 heavy (non-hydrogen) atoms. The van der Waals surface area contributed by atoms with Crippen molar-refractivity contribution in [2.45, 2.75) is 11.8 Å². The molecule has 0 radical (unpaired) electrons. The van der Waals surface area contributed by atoms with Crippen LogP contribution in [0, 0.1) is 0 Å². The Morgan fingerprint density at radius 3 is 0.962 bits per heavy atom. The summed E-state index contributed by atoms with van der Waals surface area (Å²) in [6.07, 6.45) is 0.867. The van der Waals surface area contributed by atoms with Crippen molar-refractivity contribution in [3.8, 4) is 55.6 Å². The zero-order valence-electron chi connectivity index (χ0n) is 43.2. The fourth-order valence-electron chi connectivity index (χ4n) is 12.4. The van der Waals surface area contributed by atoms with Crippen molar-refractivity contribution in [3.05, 3.63) is 326 Å². The van der Waals surface area contributed by atoms with E-state index in [2.05, 4.69) is 324 Å². The van der Waals surface area contributed by atoms with E-state index < -0.39 is 5.41 Å². The Morgan fingerprint density at radius 1 is 0.256 bits per heavy atom. The van der Waals surface area contributed by atoms with E-state index in [1.165, 1.54) is 83.7 Å². The average molecular weight is 998 g/mol. The van der Waals surface area contributed by atoms with Gasteiger partial charge in [0.2, 0.25) is 0 Å². The zero-order valence-corrected chi connectivity index (χ0v) is 43.2. The molecule has 3 nitrogen and oxygen atoms in total. The summed E-state index contributed by atoms with van der Waals surface area (Å²) in [5.74, 6) is 0. The molecule has 1 spiro atoms. The Balaban J connectivity index is 0.989. The van der Waals surface area contributed by atoms with Gasteiger partial charge in [-0.15, -0.1) is 0 Å². The Hall–Kier alpha value is -9.96. The first-order valence-electron chi connectivity index (χ1n) is 27.1. The number of para-hydroxylation sites is 2. The lowest BCUT2D eigenvalue weighted by Crippen LogP contribution is -2.39. The van der Waals surface area contributed by atoms with Gasteiger partial charge in [0.25, 0.3) is 0 Å². The summed E-state index contributed by atoms with van der Waals surface area (Å²) in [5, 5.41) is 0. The standard InChI is InChI=1S/C75H55N3/c1-6-22-54(23-7-1)58-30-18-36-63(48-58)77(64-37-19-31-59(49-64)55-24-8-2-9-25-55)67-42-44-69-70-45-43-68(53-73(70)75(72(69)52-67)46-47-76(62-34-14-5-15-35-62)74-41-17-16-40-71(74)75)78(65-38-20-32-60(50-65)56-26-10-3-11-27-56)66-39-21-33-61(51-66)57-28-12-4-13-29-57/h1-45,48-53H,46-47H2. The molecular formula is C75H55N3. The number of hydrogen-bond acceptors (Lipinski definition) is 3. The normalized spacial score (nSPS) is 12.8. The van der Waals surface area contributed by atoms with Crippen molar-refractivity contribution >= 4 is 45.5 Å². The smallest absolute Gasteiger partial charge is 0.0502 e. The van der Waals surface area contributed by atoms with Gasteiger partial charge in [0.15, 0.2) is 0 Å². The minimum atomic E-state index is -0.508. The van der Waals surface area contributed by atoms with Crippen molar-refractivity contribution in [2.24, 2.45) is 0 Å². The Bertz CT molecular complexity index is 3710. The molecule has 0 bridgehead atoms. The second-order valence-electron chi connectivity index (χ2n) is 20.5. The lowest BCUT2D eigenvalue weighted by Gasteiger charge is -2.44. The van der Waals surface area contributed by atoms with Gasteiger partial charge in [0, 0.05) is 52.0 Å². The number of benzene rings is 12. The van der Waals surface area contributed by atoms with Crippen molar-refractivity contribution in [2.75, 3.05) is 21.2 Å². The Morgan fingerprint density at radius 2 is 0.577 bits per heavy atom. The number of hydrogen-bond donors (Lipinski definition) is 0. The van der Waals surface area contributed by atoms with Gasteiger partial charge in [-0.3, -0.25) is 0 Å². The molecule has 0 aromatic heterocycles. The van der Waals surface area contributed by atoms with Gasteiger partial charge in [-0.25, -0.2) is 0 Å². The van der Waals surface area contributed by atoms with E-state index in [0.29, 0.717) is 0 Å². The van der Waals surface area contributed by atoms with Crippen LogP contribution in [0.3, 0.4) is 0 Å². The molecule has 0 N–H and O–H groups in total. The third-order valence-electron chi connectivity index (χ3n) is 16.0. The number of fused-ring (bicyclic) bond motifs is 7. The lowest BCUT2D eigenvalue weighted by atomic mass is 9.67. The lowest BCUT2D eigenvalue weighted by molar-refractivity contribution is 0.553. The van der Waals surface area contributed by atoms with Crippen LogP contribution in [0.25, 0.3) is 55.6 Å². The largest absolute Gasteiger partial charge is 0.341 e. The van der Waals surface area contributed by atoms with Crippen LogP contribution in [-0.2, 0) is 5.41 Å². The van der Waals surface area contributed by atoms with Gasteiger partial charge in [-0.1, -0.05) is 218 Å². The van der Waals surface area contributed by atoms with Gasteiger partial charge >= 0.3 is 0 Å². The Labute approximate surface area is 457 Å². The molecule has 370 valence electrons. The summed E-state index contributed by atoms with van der Waals surface area (Å²) in [7, 11) is 0. The Kier molecular flexibility index (Phi) is 11.9. The molecule has 0 saturated heterocycles. The van der Waals surface area contributed by atoms with Crippen LogP contribution in [-0.4, -0.2) is 6.54 Å². The van der Waals surface area contributed by atoms with Crippen LogP contribution in [0.2, 0.25) is 0 Å². The molecule has 0 saturated carbocycles. The number of anilines is 8. The average Bonchev–Trinajstić information content (AvgIpc) is 3.93. The SMILES string of the molecule is c1ccc(-c2cccc(N(c3cccc(-c4ccccc4)c3)c3ccc4c(c3)C3(CCN(c5ccccc5)c5ccccc53)c3cc(N(c5cccc(-c6ccccc6)c5)c5cccc(-c6ccccc6)c5)ccc3-4)c2)cc1. The highest BCUT2D eigenvalue weighted by atomic mass is 15.2. The third kappa shape index (κ3) is 8.34. The van der Waals surface area contributed by atoms with E-state index in [4.69, 9.17) is 0 Å². The predicted molar refractivity (Wildman–Crippen MR) is 327 cm³/mol. The van der Waals surface area contributed by atoms with Crippen molar-refractivity contribution in [3.63, 3.8) is 0 Å². The molecule has 0 fully saturated rings. The minimum absolute atomic E-state index is 0.508. The van der Waals surface area contributed by atoms with Gasteiger partial charge in [-0.05, 0) is 170 Å². The van der Waals surface area contributed by atoms with E-state index in [1.54, 1.807) is 0 Å². The summed E-state index contributed by atoms with van der Waals surface area (Å²) >= 11 is 0. The quantitative estimate of drug-likeness (QED) is 0.128. The molecule has 0 atom stereocenters. The summed E-state index contributed by atoms with van der Waals surface area (Å²) < 4.78 is 0. The van der Waals surface area contributed by atoms with Crippen LogP contribution < -0.4 is 14.7 Å². The highest BCUT2D eigenvalue weighted by molar-refractivity contribution is 5.93. The fraction of sp³-hybridized carbons (Fsp3) is 0.0400. The van der Waals surface area contributed by atoms with Crippen LogP contribution in [0.15, 0.2) is 309 Å². The van der Waals surface area contributed by atoms with Crippen molar-refractivity contribution < 1.29 is 0 Å². The molecule has 0 unspecified atom stereocenters. The summed E-state index contributed by atoms with van der Waals surface area (Å²) in [6, 6.07) is 114. The summed E-state index contributed by atoms with van der Waals surface area (Å²) in [5.41, 5.74) is 24.4. The van der Waals surface area contributed by atoms with Crippen molar-refractivity contribution in [1.82, 2.24) is 0 Å². The second kappa shape index (κ2) is 20.0. The van der Waals surface area contributed by atoms with E-state index in [1.807, 2.05) is 0 Å². The van der Waals surface area contributed by atoms with E-state index in [-0.39, 0.29) is 0 Å². The van der Waals surface area contributed by atoms with Gasteiger partial charge < -0.3 is 14.7 Å². The molecule has 3 heteroatoms. The van der Waals surface area contributed by atoms with E-state index in [9.17, 15) is 0 Å². The predicted octanol–water partition coefficient (Wildman–Crippen LogP) is 20.2. The van der Waals surface area contributed by atoms with Gasteiger partial charge in [-0.2, -0.15) is 0 Å². The molecular weight excluding hydrogens is 943 g/mol. The minimum Gasteiger partial charge on any atom is -0.341 e. The number of nitrogens with zero attached hydrogens (tertiary/aromatic N) is 3. The first-order chi connectivity index (χ1) is 38.7. The molecule has 12 aromatic carbocycles. The fourth-order valence-corrected chi connectivity index (χ4v) is 12.4. The van der Waals surface area contributed by atoms with Gasteiger partial charge in [0.1, 0.15) is 0 Å². The van der Waals surface area contributed by atoms with Crippen LogP contribution >= 0.6 is 0 Å². The topological polar surface area (TPSA) is 9.72 Å². The molecule has 1 heterocycles.